The molecule has 2 aliphatic heterocycles. The van der Waals surface area contributed by atoms with Crippen LogP contribution in [0.1, 0.15) is 36.3 Å². The number of para-hydroxylation sites is 2. The second kappa shape index (κ2) is 7.28. The summed E-state index contributed by atoms with van der Waals surface area (Å²) < 4.78 is 10.6. The molecule has 206 valence electrons. The van der Waals surface area contributed by atoms with Crippen molar-refractivity contribution in [3.05, 3.63) is 133 Å². The van der Waals surface area contributed by atoms with Crippen LogP contribution in [0.4, 0.5) is 0 Å². The van der Waals surface area contributed by atoms with Crippen molar-refractivity contribution in [2.75, 3.05) is 0 Å². The average Bonchev–Trinajstić information content (AvgIpc) is 3.84. The Bertz CT molecular complexity index is 2600. The molecule has 4 aromatic carbocycles. The first-order chi connectivity index (χ1) is 21.9. The minimum Gasteiger partial charge on any atom is -0.224 e. The SMILES string of the molecule is c1ccc(-c2ccc3[n+](c2)C24c5c(ccc6c7ccccc7n(c56)-c5ccc6c7ccccc7n-3c6[n+]52)C2CCCC24)cc1. The number of hydrogen-bond acceptors (Lipinski definition) is 0. The van der Waals surface area contributed by atoms with Crippen molar-refractivity contribution in [3.63, 3.8) is 0 Å². The molecule has 1 spiro atoms. The Morgan fingerprint density at radius 2 is 1.32 bits per heavy atom. The molecule has 2 aliphatic carbocycles. The third kappa shape index (κ3) is 2.22. The lowest BCUT2D eigenvalue weighted by atomic mass is 9.85. The van der Waals surface area contributed by atoms with Crippen LogP contribution in [0.15, 0.2) is 121 Å². The molecule has 12 rings (SSSR count). The molecule has 6 heterocycles. The molecule has 8 aromatic rings. The van der Waals surface area contributed by atoms with Gasteiger partial charge in [0.25, 0.3) is 11.5 Å². The first-order valence-corrected chi connectivity index (χ1v) is 16.0. The van der Waals surface area contributed by atoms with Gasteiger partial charge in [-0.15, -0.1) is 0 Å². The molecule has 0 radical (unpaired) electrons. The Balaban J connectivity index is 1.39. The van der Waals surface area contributed by atoms with E-state index >= 15 is 0 Å². The standard InChI is InChI=1S/C40H28N4/c1-2-9-24(10-3-1)25-17-21-35-41(23-25)40-32-14-8-13-26(32)29-18-19-30-27-11-4-6-15-33(27)42(38(30)37(29)40)36-22-20-31-28-12-5-7-16-34(28)43(35)39(31)44(36)40/h1-7,9-12,15-23,26,32H,8,13-14H2/q+2. The first-order valence-electron chi connectivity index (χ1n) is 16.0. The molecule has 4 nitrogen and oxygen atoms in total. The fourth-order valence-electron chi connectivity index (χ4n) is 10.2. The summed E-state index contributed by atoms with van der Waals surface area (Å²) in [6.45, 7) is 0. The van der Waals surface area contributed by atoms with E-state index in [1.54, 1.807) is 5.56 Å². The lowest BCUT2D eigenvalue weighted by Crippen LogP contribution is -2.81. The smallest absolute Gasteiger partial charge is 0.224 e. The Hall–Kier alpha value is -5.22. The molecule has 1 fully saturated rings. The van der Waals surface area contributed by atoms with Gasteiger partial charge >= 0.3 is 0 Å². The predicted octanol–water partition coefficient (Wildman–Crippen LogP) is 7.90. The molecule has 0 bridgehead atoms. The number of nitrogens with zero attached hydrogens (tertiary/aromatic N) is 4. The number of fused-ring (bicyclic) bond motifs is 11. The summed E-state index contributed by atoms with van der Waals surface area (Å²) in [5, 5.41) is 5.36. The molecule has 3 atom stereocenters. The molecule has 44 heavy (non-hydrogen) atoms. The Morgan fingerprint density at radius 1 is 0.591 bits per heavy atom. The maximum atomic E-state index is 2.79. The van der Waals surface area contributed by atoms with Crippen molar-refractivity contribution in [1.82, 2.24) is 9.13 Å². The Labute approximate surface area is 253 Å². The highest BCUT2D eigenvalue weighted by atomic mass is 15.4. The molecule has 0 N–H and O–H groups in total. The van der Waals surface area contributed by atoms with Gasteiger partial charge in [-0.2, -0.15) is 13.7 Å². The summed E-state index contributed by atoms with van der Waals surface area (Å²) in [7, 11) is 0. The average molecular weight is 565 g/mol. The van der Waals surface area contributed by atoms with E-state index in [4.69, 9.17) is 0 Å². The third-order valence-electron chi connectivity index (χ3n) is 11.6. The fraction of sp³-hybridized carbons (Fsp3) is 0.150. The van der Waals surface area contributed by atoms with Gasteiger partial charge in [0.15, 0.2) is 0 Å². The van der Waals surface area contributed by atoms with Gasteiger partial charge in [0.2, 0.25) is 11.5 Å². The fourth-order valence-corrected chi connectivity index (χ4v) is 10.2. The molecule has 4 aliphatic rings. The lowest BCUT2D eigenvalue weighted by molar-refractivity contribution is -0.981. The topological polar surface area (TPSA) is 17.6 Å². The van der Waals surface area contributed by atoms with E-state index in [0.29, 0.717) is 11.8 Å². The molecular weight excluding hydrogens is 536 g/mol. The normalized spacial score (nSPS) is 21.9. The van der Waals surface area contributed by atoms with Gasteiger partial charge in [-0.3, -0.25) is 0 Å². The summed E-state index contributed by atoms with van der Waals surface area (Å²) in [5.74, 6) is 3.55. The second-order valence-corrected chi connectivity index (χ2v) is 13.3. The highest BCUT2D eigenvalue weighted by Crippen LogP contribution is 2.60. The van der Waals surface area contributed by atoms with E-state index in [2.05, 4.69) is 140 Å². The number of benzene rings is 4. The van der Waals surface area contributed by atoms with Crippen molar-refractivity contribution in [3.8, 4) is 22.8 Å². The van der Waals surface area contributed by atoms with Crippen molar-refractivity contribution in [2.24, 2.45) is 5.92 Å². The first kappa shape index (κ1) is 22.3. The Morgan fingerprint density at radius 3 is 2.18 bits per heavy atom. The summed E-state index contributed by atoms with van der Waals surface area (Å²) in [6.07, 6.45) is 6.25. The van der Waals surface area contributed by atoms with Crippen LogP contribution in [-0.2, 0) is 5.66 Å². The van der Waals surface area contributed by atoms with Crippen LogP contribution in [0.25, 0.3) is 66.5 Å². The summed E-state index contributed by atoms with van der Waals surface area (Å²) >= 11 is 0. The molecule has 3 unspecified atom stereocenters. The van der Waals surface area contributed by atoms with E-state index < -0.39 is 0 Å². The van der Waals surface area contributed by atoms with Crippen molar-refractivity contribution in [1.29, 1.82) is 0 Å². The molecule has 1 saturated carbocycles. The van der Waals surface area contributed by atoms with Gasteiger partial charge in [-0.1, -0.05) is 85.3 Å². The maximum Gasteiger partial charge on any atom is 0.267 e. The molecule has 4 heteroatoms. The highest BCUT2D eigenvalue weighted by molar-refractivity contribution is 6.12. The summed E-state index contributed by atoms with van der Waals surface area (Å²) in [6, 6.07) is 43.4. The lowest BCUT2D eigenvalue weighted by Gasteiger charge is -2.40. The molecule has 4 aromatic heterocycles. The van der Waals surface area contributed by atoms with Gasteiger partial charge in [0.1, 0.15) is 22.7 Å². The van der Waals surface area contributed by atoms with E-state index in [1.165, 1.54) is 91.3 Å². The number of rotatable bonds is 1. The summed E-state index contributed by atoms with van der Waals surface area (Å²) in [4.78, 5) is 0. The van der Waals surface area contributed by atoms with Crippen LogP contribution in [-0.4, -0.2) is 9.13 Å². The predicted molar refractivity (Wildman–Crippen MR) is 174 cm³/mol. The van der Waals surface area contributed by atoms with Gasteiger partial charge in [-0.05, 0) is 54.2 Å². The Kier molecular flexibility index (Phi) is 3.70. The quantitative estimate of drug-likeness (QED) is 0.181. The zero-order valence-corrected chi connectivity index (χ0v) is 24.1. The van der Waals surface area contributed by atoms with Gasteiger partial charge < -0.3 is 0 Å². The summed E-state index contributed by atoms with van der Waals surface area (Å²) in [5.41, 5.74) is 10.5. The van der Waals surface area contributed by atoms with Crippen LogP contribution in [0.2, 0.25) is 0 Å². The molecular formula is C40H28N4+2. The van der Waals surface area contributed by atoms with Gasteiger partial charge in [0.05, 0.1) is 10.9 Å². The van der Waals surface area contributed by atoms with Gasteiger partial charge in [-0.25, -0.2) is 4.57 Å². The number of pyridine rings is 2. The second-order valence-electron chi connectivity index (χ2n) is 13.3. The van der Waals surface area contributed by atoms with Crippen LogP contribution in [0.3, 0.4) is 0 Å². The maximum absolute atomic E-state index is 2.79. The monoisotopic (exact) mass is 564 g/mol. The zero-order valence-electron chi connectivity index (χ0n) is 24.1. The van der Waals surface area contributed by atoms with E-state index in [0.717, 1.165) is 0 Å². The number of hydrogen-bond donors (Lipinski definition) is 0. The largest absolute Gasteiger partial charge is 0.267 e. The molecule has 0 amide bonds. The van der Waals surface area contributed by atoms with Crippen LogP contribution < -0.4 is 9.13 Å². The van der Waals surface area contributed by atoms with E-state index in [9.17, 15) is 0 Å². The van der Waals surface area contributed by atoms with Crippen molar-refractivity contribution >= 4 is 43.7 Å². The highest BCUT2D eigenvalue weighted by Gasteiger charge is 2.68. The van der Waals surface area contributed by atoms with Crippen molar-refractivity contribution in [2.45, 2.75) is 30.8 Å². The van der Waals surface area contributed by atoms with Crippen LogP contribution in [0.5, 0.6) is 0 Å². The van der Waals surface area contributed by atoms with Gasteiger partial charge in [0, 0.05) is 39.8 Å². The number of aromatic nitrogens is 4. The van der Waals surface area contributed by atoms with E-state index in [1.807, 2.05) is 0 Å². The van der Waals surface area contributed by atoms with Crippen LogP contribution >= 0.6 is 0 Å². The molecule has 0 saturated heterocycles. The minimum atomic E-state index is -0.347. The van der Waals surface area contributed by atoms with Crippen molar-refractivity contribution < 1.29 is 9.13 Å². The third-order valence-corrected chi connectivity index (χ3v) is 11.6. The van der Waals surface area contributed by atoms with E-state index in [-0.39, 0.29) is 5.66 Å². The van der Waals surface area contributed by atoms with Crippen LogP contribution in [0, 0.1) is 5.92 Å². The zero-order chi connectivity index (χ0) is 28.3. The minimum absolute atomic E-state index is 0.347.